The maximum Gasteiger partial charge on any atom is 0.247 e. The van der Waals surface area contributed by atoms with Gasteiger partial charge in [0.2, 0.25) is 17.7 Å². The molecule has 2 aliphatic rings. The Morgan fingerprint density at radius 1 is 1.09 bits per heavy atom. The van der Waals surface area contributed by atoms with Crippen LogP contribution in [0.2, 0.25) is 5.02 Å². The molecule has 1 aromatic rings. The molecule has 4 N–H and O–H groups in total. The summed E-state index contributed by atoms with van der Waals surface area (Å²) in [6, 6.07) is 6.14. The van der Waals surface area contributed by atoms with Crippen LogP contribution >= 0.6 is 11.6 Å². The molecule has 1 aliphatic carbocycles. The van der Waals surface area contributed by atoms with Gasteiger partial charge in [-0.1, -0.05) is 30.7 Å². The summed E-state index contributed by atoms with van der Waals surface area (Å²) < 4.78 is 0. The normalized spacial score (nSPS) is 25.1. The summed E-state index contributed by atoms with van der Waals surface area (Å²) in [4.78, 5) is 41.1. The van der Waals surface area contributed by atoms with E-state index in [0.29, 0.717) is 42.8 Å². The first-order chi connectivity index (χ1) is 15.8. The Hall–Kier alpha value is -2.16. The summed E-state index contributed by atoms with van der Waals surface area (Å²) in [6.07, 6.45) is 4.95. The number of hydrogen-bond donors (Lipinski definition) is 4. The second-order valence-corrected chi connectivity index (χ2v) is 9.51. The van der Waals surface area contributed by atoms with Crippen LogP contribution in [0.5, 0.6) is 0 Å². The maximum absolute atomic E-state index is 13.9. The van der Waals surface area contributed by atoms with Crippen LogP contribution in [-0.2, 0) is 14.4 Å². The second kappa shape index (κ2) is 11.8. The Bertz CT molecular complexity index is 826. The number of carbonyl (C=O) groups excluding carboxylic acids is 3. The van der Waals surface area contributed by atoms with Gasteiger partial charge in [-0.05, 0) is 69.1 Å². The van der Waals surface area contributed by atoms with Gasteiger partial charge in [-0.3, -0.25) is 19.6 Å². The Labute approximate surface area is 199 Å². The Balaban J connectivity index is 1.84. The van der Waals surface area contributed by atoms with E-state index < -0.39 is 23.8 Å². The molecular weight excluding hydrogens is 446 g/mol. The zero-order chi connectivity index (χ0) is 24.0. The van der Waals surface area contributed by atoms with Crippen LogP contribution in [0, 0.1) is 5.92 Å². The minimum Gasteiger partial charge on any atom is -0.393 e. The molecule has 1 aliphatic heterocycles. The van der Waals surface area contributed by atoms with Crippen molar-refractivity contribution in [2.24, 2.45) is 5.92 Å². The third kappa shape index (κ3) is 6.25. The first-order valence-electron chi connectivity index (χ1n) is 11.8. The van der Waals surface area contributed by atoms with Crippen LogP contribution in [0.15, 0.2) is 24.3 Å². The molecule has 3 rings (SSSR count). The number of piperidine rings is 1. The van der Waals surface area contributed by atoms with Gasteiger partial charge in [0.25, 0.3) is 0 Å². The third-order valence-electron chi connectivity index (χ3n) is 6.92. The number of halogens is 1. The van der Waals surface area contributed by atoms with Gasteiger partial charge in [0, 0.05) is 17.6 Å². The SMILES string of the molecule is CC[C@H](C(=O)NO)[C@H](C(=O)N1CCCC[C@H]1C(=O)N[C@H]1CC[C@H](O)CC1)c1ccc(Cl)cc1. The van der Waals surface area contributed by atoms with Crippen molar-refractivity contribution in [2.45, 2.75) is 82.4 Å². The molecule has 33 heavy (non-hydrogen) atoms. The first-order valence-corrected chi connectivity index (χ1v) is 12.2. The summed E-state index contributed by atoms with van der Waals surface area (Å²) >= 11 is 6.03. The number of amides is 3. The van der Waals surface area contributed by atoms with Crippen molar-refractivity contribution in [1.29, 1.82) is 0 Å². The lowest BCUT2D eigenvalue weighted by Gasteiger charge is -2.39. The predicted octanol–water partition coefficient (Wildman–Crippen LogP) is 2.76. The number of benzene rings is 1. The van der Waals surface area contributed by atoms with Crippen LogP contribution < -0.4 is 10.8 Å². The molecule has 3 amide bonds. The molecule has 3 atom stereocenters. The molecule has 0 radical (unpaired) electrons. The Morgan fingerprint density at radius 2 is 1.76 bits per heavy atom. The summed E-state index contributed by atoms with van der Waals surface area (Å²) in [7, 11) is 0. The molecule has 1 saturated heterocycles. The van der Waals surface area contributed by atoms with E-state index in [0.717, 1.165) is 25.7 Å². The van der Waals surface area contributed by atoms with Crippen LogP contribution in [-0.4, -0.2) is 57.7 Å². The summed E-state index contributed by atoms with van der Waals surface area (Å²) in [5.74, 6) is -2.76. The molecule has 9 heteroatoms. The van der Waals surface area contributed by atoms with E-state index in [1.165, 1.54) is 0 Å². The number of nitrogens with zero attached hydrogens (tertiary/aromatic N) is 1. The molecule has 182 valence electrons. The zero-order valence-electron chi connectivity index (χ0n) is 19.0. The fourth-order valence-corrected chi connectivity index (χ4v) is 5.16. The second-order valence-electron chi connectivity index (χ2n) is 9.08. The van der Waals surface area contributed by atoms with Gasteiger partial charge in [-0.2, -0.15) is 0 Å². The number of aliphatic hydroxyl groups excluding tert-OH is 1. The van der Waals surface area contributed by atoms with Gasteiger partial charge in [0.15, 0.2) is 0 Å². The van der Waals surface area contributed by atoms with Crippen LogP contribution in [0.4, 0.5) is 0 Å². The number of hydroxylamine groups is 1. The molecule has 1 heterocycles. The number of likely N-dealkylation sites (tertiary alicyclic amines) is 1. The number of rotatable bonds is 7. The summed E-state index contributed by atoms with van der Waals surface area (Å²) in [5, 5.41) is 22.6. The van der Waals surface area contributed by atoms with Gasteiger partial charge in [-0.15, -0.1) is 0 Å². The monoisotopic (exact) mass is 479 g/mol. The maximum atomic E-state index is 13.9. The number of carbonyl (C=O) groups is 3. The minimum absolute atomic E-state index is 0.00426. The van der Waals surface area contributed by atoms with Gasteiger partial charge in [-0.25, -0.2) is 5.48 Å². The van der Waals surface area contributed by atoms with E-state index in [1.807, 2.05) is 0 Å². The molecule has 0 unspecified atom stereocenters. The standard InChI is InChI=1S/C24H34ClN3O5/c1-2-19(22(30)27-33)21(15-6-8-16(25)9-7-15)24(32)28-14-4-3-5-20(28)23(31)26-17-10-12-18(29)13-11-17/h6-9,17-21,29,33H,2-5,10-14H2,1H3,(H,26,31)(H,27,30)/t17-,18-,19-,20-,21+/m0/s1. The van der Waals surface area contributed by atoms with E-state index in [4.69, 9.17) is 11.6 Å². The molecule has 0 bridgehead atoms. The fourth-order valence-electron chi connectivity index (χ4n) is 5.04. The average Bonchev–Trinajstić information content (AvgIpc) is 2.83. The fraction of sp³-hybridized carbons (Fsp3) is 0.625. The largest absolute Gasteiger partial charge is 0.393 e. The molecule has 0 aromatic heterocycles. The van der Waals surface area contributed by atoms with Crippen molar-refractivity contribution in [1.82, 2.24) is 15.7 Å². The zero-order valence-corrected chi connectivity index (χ0v) is 19.8. The van der Waals surface area contributed by atoms with Gasteiger partial charge < -0.3 is 15.3 Å². The van der Waals surface area contributed by atoms with Crippen molar-refractivity contribution in [3.05, 3.63) is 34.9 Å². The topological polar surface area (TPSA) is 119 Å². The number of aliphatic hydroxyl groups is 1. The van der Waals surface area contributed by atoms with Gasteiger partial charge in [0.05, 0.1) is 17.9 Å². The quantitative estimate of drug-likeness (QED) is 0.354. The average molecular weight is 480 g/mol. The Morgan fingerprint density at radius 3 is 2.36 bits per heavy atom. The van der Waals surface area contributed by atoms with E-state index in [-0.39, 0.29) is 24.0 Å². The van der Waals surface area contributed by atoms with E-state index >= 15 is 0 Å². The highest BCUT2D eigenvalue weighted by atomic mass is 35.5. The Kier molecular flexibility index (Phi) is 9.11. The highest BCUT2D eigenvalue weighted by Crippen LogP contribution is 2.33. The van der Waals surface area contributed by atoms with Crippen LogP contribution in [0.1, 0.15) is 69.8 Å². The lowest BCUT2D eigenvalue weighted by Crippen LogP contribution is -2.56. The van der Waals surface area contributed by atoms with Crippen molar-refractivity contribution in [3.8, 4) is 0 Å². The van der Waals surface area contributed by atoms with Crippen molar-refractivity contribution in [2.75, 3.05) is 6.54 Å². The van der Waals surface area contributed by atoms with Gasteiger partial charge in [0.1, 0.15) is 6.04 Å². The molecule has 1 aromatic carbocycles. The van der Waals surface area contributed by atoms with Crippen LogP contribution in [0.3, 0.4) is 0 Å². The molecule has 8 nitrogen and oxygen atoms in total. The summed E-state index contributed by atoms with van der Waals surface area (Å²) in [5.41, 5.74) is 2.31. The third-order valence-corrected chi connectivity index (χ3v) is 7.17. The molecular formula is C24H34ClN3O5. The van der Waals surface area contributed by atoms with Crippen molar-refractivity contribution < 1.29 is 24.7 Å². The van der Waals surface area contributed by atoms with Crippen molar-refractivity contribution >= 4 is 29.3 Å². The van der Waals surface area contributed by atoms with E-state index in [1.54, 1.807) is 41.6 Å². The van der Waals surface area contributed by atoms with Crippen LogP contribution in [0.25, 0.3) is 0 Å². The lowest BCUT2D eigenvalue weighted by atomic mass is 9.81. The smallest absolute Gasteiger partial charge is 0.247 e. The van der Waals surface area contributed by atoms with E-state index in [9.17, 15) is 24.7 Å². The predicted molar refractivity (Wildman–Crippen MR) is 124 cm³/mol. The lowest BCUT2D eigenvalue weighted by molar-refractivity contribution is -0.147. The molecule has 1 saturated carbocycles. The van der Waals surface area contributed by atoms with Crippen molar-refractivity contribution in [3.63, 3.8) is 0 Å². The minimum atomic E-state index is -0.849. The number of hydrogen-bond acceptors (Lipinski definition) is 5. The van der Waals surface area contributed by atoms with Gasteiger partial charge >= 0.3 is 0 Å². The first kappa shape index (κ1) is 25.5. The molecule has 0 spiro atoms. The molecule has 2 fully saturated rings. The summed E-state index contributed by atoms with van der Waals surface area (Å²) in [6.45, 7) is 2.22. The van der Waals surface area contributed by atoms with E-state index in [2.05, 4.69) is 5.32 Å². The number of nitrogens with one attached hydrogen (secondary N) is 2. The highest BCUT2D eigenvalue weighted by molar-refractivity contribution is 6.30. The highest BCUT2D eigenvalue weighted by Gasteiger charge is 2.41.